The van der Waals surface area contributed by atoms with Crippen LogP contribution in [0.2, 0.25) is 0 Å². The zero-order chi connectivity index (χ0) is 9.84. The highest BCUT2D eigenvalue weighted by Crippen LogP contribution is 2.21. The molecule has 0 radical (unpaired) electrons. The predicted molar refractivity (Wildman–Crippen MR) is 54.3 cm³/mol. The number of aliphatic imine (C=N–C) groups is 1. The third-order valence-electron chi connectivity index (χ3n) is 1.46. The Morgan fingerprint density at radius 1 is 1.62 bits per heavy atom. The average Bonchev–Trinajstić information content (AvgIpc) is 2.08. The molecule has 0 spiro atoms. The third-order valence-corrected chi connectivity index (χ3v) is 1.95. The van der Waals surface area contributed by atoms with Crippen LogP contribution in [0.25, 0.3) is 0 Å². The van der Waals surface area contributed by atoms with Crippen molar-refractivity contribution in [3.05, 3.63) is 38.3 Å². The molecule has 0 heterocycles. The molecule has 0 saturated carbocycles. The number of nitro benzene ring substituents is 1. The Morgan fingerprint density at radius 2 is 2.31 bits per heavy atom. The molecule has 0 bridgehead atoms. The molecule has 0 saturated heterocycles. The van der Waals surface area contributed by atoms with Gasteiger partial charge >= 0.3 is 0 Å². The molecule has 0 aliphatic carbocycles. The maximum Gasteiger partial charge on any atom is 0.279 e. The molecule has 0 aliphatic rings. The fourth-order valence-corrected chi connectivity index (χ4v) is 1.27. The Labute approximate surface area is 83.6 Å². The molecule has 1 aromatic carbocycles. The van der Waals surface area contributed by atoms with Gasteiger partial charge in [0, 0.05) is 23.8 Å². The summed E-state index contributed by atoms with van der Waals surface area (Å²) in [6.07, 6.45) is 1.46. The first kappa shape index (κ1) is 9.85. The van der Waals surface area contributed by atoms with E-state index >= 15 is 0 Å². The Balaban J connectivity index is 3.26. The Hall–Kier alpha value is -1.23. The van der Waals surface area contributed by atoms with Crippen molar-refractivity contribution < 1.29 is 4.92 Å². The first-order chi connectivity index (χ1) is 6.15. The van der Waals surface area contributed by atoms with Gasteiger partial charge in [0.05, 0.1) is 10.5 Å². The molecular weight excluding hydrogens is 236 g/mol. The highest BCUT2D eigenvalue weighted by molar-refractivity contribution is 9.10. The maximum atomic E-state index is 10.6. The van der Waals surface area contributed by atoms with E-state index in [0.717, 1.165) is 0 Å². The molecule has 1 rings (SSSR count). The minimum absolute atomic E-state index is 0.0555. The summed E-state index contributed by atoms with van der Waals surface area (Å²) in [6.45, 7) is 0. The van der Waals surface area contributed by atoms with E-state index in [1.807, 2.05) is 0 Å². The van der Waals surface area contributed by atoms with Gasteiger partial charge < -0.3 is 0 Å². The van der Waals surface area contributed by atoms with Crippen molar-refractivity contribution >= 4 is 27.8 Å². The molecule has 0 atom stereocenters. The van der Waals surface area contributed by atoms with Crippen molar-refractivity contribution in [2.45, 2.75) is 0 Å². The van der Waals surface area contributed by atoms with E-state index in [9.17, 15) is 10.1 Å². The fraction of sp³-hybridized carbons (Fsp3) is 0.125. The van der Waals surface area contributed by atoms with Crippen LogP contribution in [0.5, 0.6) is 0 Å². The van der Waals surface area contributed by atoms with Gasteiger partial charge in [-0.05, 0) is 12.1 Å². The first-order valence-corrected chi connectivity index (χ1v) is 4.30. The zero-order valence-corrected chi connectivity index (χ0v) is 8.48. The SMILES string of the molecule is CN=Cc1ccc(Br)cc1[N+](=O)[O-]. The quantitative estimate of drug-likeness (QED) is 0.455. The molecule has 4 nitrogen and oxygen atoms in total. The largest absolute Gasteiger partial charge is 0.296 e. The summed E-state index contributed by atoms with van der Waals surface area (Å²) in [5.74, 6) is 0. The van der Waals surface area contributed by atoms with E-state index in [1.165, 1.54) is 12.3 Å². The molecule has 68 valence electrons. The van der Waals surface area contributed by atoms with Gasteiger partial charge in [-0.1, -0.05) is 15.9 Å². The van der Waals surface area contributed by atoms with Crippen LogP contribution in [0.1, 0.15) is 5.56 Å². The second-order valence-corrected chi connectivity index (χ2v) is 3.26. The van der Waals surface area contributed by atoms with E-state index in [1.54, 1.807) is 19.2 Å². The number of nitrogens with zero attached hydrogens (tertiary/aromatic N) is 2. The van der Waals surface area contributed by atoms with E-state index in [2.05, 4.69) is 20.9 Å². The zero-order valence-electron chi connectivity index (χ0n) is 6.90. The summed E-state index contributed by atoms with van der Waals surface area (Å²) in [5.41, 5.74) is 0.565. The topological polar surface area (TPSA) is 55.5 Å². The fourth-order valence-electron chi connectivity index (χ4n) is 0.923. The Kier molecular flexibility index (Phi) is 3.13. The number of hydrogen-bond acceptors (Lipinski definition) is 3. The lowest BCUT2D eigenvalue weighted by Crippen LogP contribution is -1.94. The summed E-state index contributed by atoms with van der Waals surface area (Å²) in [7, 11) is 1.58. The van der Waals surface area contributed by atoms with Gasteiger partial charge in [-0.3, -0.25) is 15.1 Å². The smallest absolute Gasteiger partial charge is 0.279 e. The second kappa shape index (κ2) is 4.13. The molecule has 0 amide bonds. The van der Waals surface area contributed by atoms with Crippen molar-refractivity contribution in [2.75, 3.05) is 7.05 Å². The third kappa shape index (κ3) is 2.35. The summed E-state index contributed by atoms with van der Waals surface area (Å²) in [4.78, 5) is 13.9. The number of nitro groups is 1. The minimum Gasteiger partial charge on any atom is -0.296 e. The monoisotopic (exact) mass is 242 g/mol. The van der Waals surface area contributed by atoms with Gasteiger partial charge in [0.15, 0.2) is 0 Å². The van der Waals surface area contributed by atoms with Gasteiger partial charge in [0.1, 0.15) is 0 Å². The lowest BCUT2D eigenvalue weighted by molar-refractivity contribution is -0.385. The minimum atomic E-state index is -0.429. The van der Waals surface area contributed by atoms with Crippen molar-refractivity contribution in [3.63, 3.8) is 0 Å². The summed E-state index contributed by atoms with van der Waals surface area (Å²) < 4.78 is 0.687. The normalized spacial score (nSPS) is 10.6. The Morgan fingerprint density at radius 3 is 2.85 bits per heavy atom. The molecule has 1 aromatic rings. The standard InChI is InChI=1S/C8H7BrN2O2/c1-10-5-6-2-3-7(9)4-8(6)11(12)13/h2-5H,1H3. The van der Waals surface area contributed by atoms with E-state index in [-0.39, 0.29) is 5.69 Å². The predicted octanol–water partition coefficient (Wildman–Crippen LogP) is 2.41. The van der Waals surface area contributed by atoms with Crippen LogP contribution >= 0.6 is 15.9 Å². The van der Waals surface area contributed by atoms with Crippen LogP contribution in [0.3, 0.4) is 0 Å². The van der Waals surface area contributed by atoms with Crippen molar-refractivity contribution in [1.29, 1.82) is 0 Å². The maximum absolute atomic E-state index is 10.6. The van der Waals surface area contributed by atoms with Crippen LogP contribution in [0, 0.1) is 10.1 Å². The van der Waals surface area contributed by atoms with E-state index < -0.39 is 4.92 Å². The Bertz CT molecular complexity index is 363. The lowest BCUT2D eigenvalue weighted by Gasteiger charge is -1.96. The van der Waals surface area contributed by atoms with Gasteiger partial charge in [-0.2, -0.15) is 0 Å². The van der Waals surface area contributed by atoms with Crippen LogP contribution in [0.4, 0.5) is 5.69 Å². The van der Waals surface area contributed by atoms with Crippen LogP contribution in [-0.2, 0) is 0 Å². The number of hydrogen-bond donors (Lipinski definition) is 0. The summed E-state index contributed by atoms with van der Waals surface area (Å²) >= 11 is 3.17. The molecular formula is C8H7BrN2O2. The molecule has 13 heavy (non-hydrogen) atoms. The van der Waals surface area contributed by atoms with E-state index in [0.29, 0.717) is 10.0 Å². The summed E-state index contributed by atoms with van der Waals surface area (Å²) in [5, 5.41) is 10.6. The van der Waals surface area contributed by atoms with Crippen LogP contribution in [-0.4, -0.2) is 18.2 Å². The number of halogens is 1. The molecule has 0 aliphatic heterocycles. The summed E-state index contributed by atoms with van der Waals surface area (Å²) in [6, 6.07) is 4.84. The molecule has 0 aromatic heterocycles. The molecule has 0 N–H and O–H groups in total. The molecule has 0 unspecified atom stereocenters. The molecule has 0 fully saturated rings. The van der Waals surface area contributed by atoms with Gasteiger partial charge in [-0.15, -0.1) is 0 Å². The van der Waals surface area contributed by atoms with Gasteiger partial charge in [-0.25, -0.2) is 0 Å². The second-order valence-electron chi connectivity index (χ2n) is 2.35. The lowest BCUT2D eigenvalue weighted by atomic mass is 10.2. The first-order valence-electron chi connectivity index (χ1n) is 3.51. The van der Waals surface area contributed by atoms with Crippen molar-refractivity contribution in [2.24, 2.45) is 4.99 Å². The van der Waals surface area contributed by atoms with Crippen molar-refractivity contribution in [1.82, 2.24) is 0 Å². The highest BCUT2D eigenvalue weighted by atomic mass is 79.9. The van der Waals surface area contributed by atoms with Gasteiger partial charge in [0.2, 0.25) is 0 Å². The van der Waals surface area contributed by atoms with Gasteiger partial charge in [0.25, 0.3) is 5.69 Å². The number of benzene rings is 1. The highest BCUT2D eigenvalue weighted by Gasteiger charge is 2.11. The average molecular weight is 243 g/mol. The number of rotatable bonds is 2. The van der Waals surface area contributed by atoms with Crippen LogP contribution in [0.15, 0.2) is 27.7 Å². The van der Waals surface area contributed by atoms with E-state index in [4.69, 9.17) is 0 Å². The molecule has 5 heteroatoms. The van der Waals surface area contributed by atoms with Crippen LogP contribution < -0.4 is 0 Å². The van der Waals surface area contributed by atoms with Crippen molar-refractivity contribution in [3.8, 4) is 0 Å².